The van der Waals surface area contributed by atoms with Gasteiger partial charge in [0, 0.05) is 13.1 Å². The molecular formula is C15H25N5O. The highest BCUT2D eigenvalue weighted by Crippen LogP contribution is 2.09. The van der Waals surface area contributed by atoms with Crippen LogP contribution in [0.1, 0.15) is 26.1 Å². The third-order valence-electron chi connectivity index (χ3n) is 2.52. The van der Waals surface area contributed by atoms with Gasteiger partial charge in [-0.05, 0) is 19.2 Å². The monoisotopic (exact) mass is 291 g/mol. The summed E-state index contributed by atoms with van der Waals surface area (Å²) >= 11 is 0. The van der Waals surface area contributed by atoms with Gasteiger partial charge in [-0.15, -0.1) is 0 Å². The average Bonchev–Trinajstić information content (AvgIpc) is 2.89. The van der Waals surface area contributed by atoms with Crippen molar-refractivity contribution in [2.45, 2.75) is 26.8 Å². The molecule has 0 aliphatic heterocycles. The molecule has 0 unspecified atom stereocenters. The number of fused-ring (bicyclic) bond motifs is 1. The highest BCUT2D eigenvalue weighted by Gasteiger charge is 2.03. The Morgan fingerprint density at radius 1 is 1.19 bits per heavy atom. The zero-order valence-electron chi connectivity index (χ0n) is 13.0. The molecule has 1 heterocycles. The van der Waals surface area contributed by atoms with E-state index in [2.05, 4.69) is 39.8 Å². The molecule has 116 valence electrons. The molecule has 21 heavy (non-hydrogen) atoms. The summed E-state index contributed by atoms with van der Waals surface area (Å²) in [6.07, 6.45) is 1.25. The first-order valence-electron chi connectivity index (χ1n) is 7.31. The van der Waals surface area contributed by atoms with E-state index < -0.39 is 0 Å². The summed E-state index contributed by atoms with van der Waals surface area (Å²) in [6, 6.07) is 7.58. The number of hydrogen-bond donors (Lipinski definition) is 4. The van der Waals surface area contributed by atoms with Crippen LogP contribution in [0.25, 0.3) is 11.0 Å². The van der Waals surface area contributed by atoms with Crippen LogP contribution in [0.2, 0.25) is 0 Å². The maximum absolute atomic E-state index is 11.4. The lowest BCUT2D eigenvalue weighted by Gasteiger charge is -2.05. The van der Waals surface area contributed by atoms with Crippen molar-refractivity contribution in [3.8, 4) is 0 Å². The first-order chi connectivity index (χ1) is 10.2. The molecule has 2 amide bonds. The molecule has 2 rings (SSSR count). The van der Waals surface area contributed by atoms with Crippen LogP contribution in [0, 0.1) is 0 Å². The van der Waals surface area contributed by atoms with E-state index in [0.29, 0.717) is 13.1 Å². The molecule has 0 atom stereocenters. The number of imidazole rings is 1. The molecule has 0 spiro atoms. The van der Waals surface area contributed by atoms with Crippen molar-refractivity contribution in [1.82, 2.24) is 25.9 Å². The molecule has 1 aromatic carbocycles. The number of hydrogen-bond acceptors (Lipinski definition) is 3. The van der Waals surface area contributed by atoms with Crippen LogP contribution in [0.4, 0.5) is 4.79 Å². The first-order valence-corrected chi connectivity index (χ1v) is 7.31. The van der Waals surface area contributed by atoms with Crippen LogP contribution in [0.5, 0.6) is 0 Å². The number of amides is 2. The summed E-state index contributed by atoms with van der Waals surface area (Å²) in [5.74, 6) is 0.750. The smallest absolute Gasteiger partial charge is 0.315 e. The SMILES string of the molecule is CCC.CNCCNC(=O)NCc1nc2ccccc2[nH]1. The second-order valence-electron chi connectivity index (χ2n) is 4.62. The van der Waals surface area contributed by atoms with Gasteiger partial charge in [-0.25, -0.2) is 9.78 Å². The van der Waals surface area contributed by atoms with Crippen molar-refractivity contribution in [3.63, 3.8) is 0 Å². The first kappa shape index (κ1) is 17.0. The van der Waals surface area contributed by atoms with E-state index in [4.69, 9.17) is 0 Å². The number of likely N-dealkylation sites (N-methyl/N-ethyl adjacent to an activating group) is 1. The number of rotatable bonds is 5. The molecule has 4 N–H and O–H groups in total. The van der Waals surface area contributed by atoms with Crippen LogP contribution in [-0.4, -0.2) is 36.1 Å². The fourth-order valence-corrected chi connectivity index (χ4v) is 1.62. The number of benzene rings is 1. The highest BCUT2D eigenvalue weighted by molar-refractivity contribution is 5.75. The maximum atomic E-state index is 11.4. The van der Waals surface area contributed by atoms with Crippen molar-refractivity contribution in [3.05, 3.63) is 30.1 Å². The van der Waals surface area contributed by atoms with Crippen molar-refractivity contribution in [1.29, 1.82) is 0 Å². The number of urea groups is 1. The lowest BCUT2D eigenvalue weighted by atomic mass is 10.3. The molecule has 0 radical (unpaired) electrons. The fourth-order valence-electron chi connectivity index (χ4n) is 1.62. The molecule has 2 aromatic rings. The molecule has 6 heteroatoms. The summed E-state index contributed by atoms with van der Waals surface area (Å²) in [6.45, 7) is 5.99. The van der Waals surface area contributed by atoms with E-state index in [0.717, 1.165) is 23.4 Å². The third kappa shape index (κ3) is 6.27. The summed E-state index contributed by atoms with van der Waals surface area (Å²) in [7, 11) is 1.84. The minimum absolute atomic E-state index is 0.189. The number of H-pyrrole nitrogens is 1. The number of aromatic nitrogens is 2. The van der Waals surface area contributed by atoms with Crippen molar-refractivity contribution >= 4 is 17.1 Å². The minimum Gasteiger partial charge on any atom is -0.340 e. The van der Waals surface area contributed by atoms with Crippen molar-refractivity contribution in [2.75, 3.05) is 20.1 Å². The Morgan fingerprint density at radius 3 is 2.57 bits per heavy atom. The van der Waals surface area contributed by atoms with E-state index in [1.807, 2.05) is 31.3 Å². The molecular weight excluding hydrogens is 266 g/mol. The Balaban J connectivity index is 0.000000677. The Hall–Kier alpha value is -2.08. The van der Waals surface area contributed by atoms with E-state index in [-0.39, 0.29) is 6.03 Å². The topological polar surface area (TPSA) is 81.8 Å². The lowest BCUT2D eigenvalue weighted by Crippen LogP contribution is -2.38. The standard InChI is InChI=1S/C12H17N5O.C3H8/c1-13-6-7-14-12(18)15-8-11-16-9-4-2-3-5-10(9)17-11;1-3-2/h2-5,13H,6-8H2,1H3,(H,16,17)(H2,14,15,18);3H2,1-2H3. The van der Waals surface area contributed by atoms with Gasteiger partial charge >= 0.3 is 6.03 Å². The minimum atomic E-state index is -0.189. The highest BCUT2D eigenvalue weighted by atomic mass is 16.2. The fraction of sp³-hybridized carbons (Fsp3) is 0.467. The number of aromatic amines is 1. The van der Waals surface area contributed by atoms with Crippen LogP contribution < -0.4 is 16.0 Å². The molecule has 0 bridgehead atoms. The van der Waals surface area contributed by atoms with Crippen LogP contribution in [0.15, 0.2) is 24.3 Å². The largest absolute Gasteiger partial charge is 0.340 e. The second-order valence-corrected chi connectivity index (χ2v) is 4.62. The summed E-state index contributed by atoms with van der Waals surface area (Å²) in [4.78, 5) is 18.9. The normalized spacial score (nSPS) is 9.86. The number of nitrogens with zero attached hydrogens (tertiary/aromatic N) is 1. The molecule has 0 aliphatic rings. The quantitative estimate of drug-likeness (QED) is 0.636. The van der Waals surface area contributed by atoms with Gasteiger partial charge < -0.3 is 20.9 Å². The van der Waals surface area contributed by atoms with Crippen LogP contribution in [-0.2, 0) is 6.54 Å². The predicted molar refractivity (Wildman–Crippen MR) is 86.2 cm³/mol. The van der Waals surface area contributed by atoms with Crippen LogP contribution >= 0.6 is 0 Å². The Labute approximate surface area is 125 Å². The van der Waals surface area contributed by atoms with E-state index in [1.54, 1.807) is 0 Å². The molecule has 0 fully saturated rings. The number of para-hydroxylation sites is 2. The number of carbonyl (C=O) groups is 1. The maximum Gasteiger partial charge on any atom is 0.315 e. The average molecular weight is 291 g/mol. The zero-order valence-corrected chi connectivity index (χ0v) is 13.0. The lowest BCUT2D eigenvalue weighted by molar-refractivity contribution is 0.240. The van der Waals surface area contributed by atoms with Crippen molar-refractivity contribution in [2.24, 2.45) is 0 Å². The van der Waals surface area contributed by atoms with Gasteiger partial charge in [0.05, 0.1) is 17.6 Å². The number of carbonyl (C=O) groups excluding carboxylic acids is 1. The van der Waals surface area contributed by atoms with Gasteiger partial charge in [-0.2, -0.15) is 0 Å². The van der Waals surface area contributed by atoms with Gasteiger partial charge in [0.25, 0.3) is 0 Å². The van der Waals surface area contributed by atoms with E-state index >= 15 is 0 Å². The second kappa shape index (κ2) is 9.77. The molecule has 0 saturated heterocycles. The molecule has 0 saturated carbocycles. The Kier molecular flexibility index (Phi) is 7.89. The zero-order chi connectivity index (χ0) is 15.5. The predicted octanol–water partition coefficient (Wildman–Crippen LogP) is 2.00. The van der Waals surface area contributed by atoms with Gasteiger partial charge in [0.1, 0.15) is 5.82 Å². The molecule has 0 aliphatic carbocycles. The molecule has 6 nitrogen and oxygen atoms in total. The third-order valence-corrected chi connectivity index (χ3v) is 2.52. The molecule has 1 aromatic heterocycles. The number of nitrogens with one attached hydrogen (secondary N) is 4. The van der Waals surface area contributed by atoms with Gasteiger partial charge in [-0.3, -0.25) is 0 Å². The van der Waals surface area contributed by atoms with Gasteiger partial charge in [-0.1, -0.05) is 32.4 Å². The summed E-state index contributed by atoms with van der Waals surface area (Å²) in [5, 5.41) is 8.43. The van der Waals surface area contributed by atoms with Gasteiger partial charge in [0.15, 0.2) is 0 Å². The van der Waals surface area contributed by atoms with E-state index in [9.17, 15) is 4.79 Å². The Morgan fingerprint density at radius 2 is 1.90 bits per heavy atom. The Bertz CT molecular complexity index is 505. The van der Waals surface area contributed by atoms with Crippen LogP contribution in [0.3, 0.4) is 0 Å². The van der Waals surface area contributed by atoms with Crippen molar-refractivity contribution < 1.29 is 4.79 Å². The van der Waals surface area contributed by atoms with Gasteiger partial charge in [0.2, 0.25) is 0 Å². The summed E-state index contributed by atoms with van der Waals surface area (Å²) in [5.41, 5.74) is 1.88. The van der Waals surface area contributed by atoms with E-state index in [1.165, 1.54) is 6.42 Å². The summed E-state index contributed by atoms with van der Waals surface area (Å²) < 4.78 is 0.